The fourth-order valence-corrected chi connectivity index (χ4v) is 2.91. The second-order valence-electron chi connectivity index (χ2n) is 5.04. The average Bonchev–Trinajstić information content (AvgIpc) is 2.57. The van der Waals surface area contributed by atoms with Crippen LogP contribution in [0, 0.1) is 6.92 Å². The monoisotopic (exact) mass is 303 g/mol. The van der Waals surface area contributed by atoms with Crippen molar-refractivity contribution < 1.29 is 4.79 Å². The first-order valence-corrected chi connectivity index (χ1v) is 7.08. The average molecular weight is 304 g/mol. The number of benzene rings is 1. The molecule has 1 atom stereocenters. The maximum atomic E-state index is 12.4. The van der Waals surface area contributed by atoms with Crippen LogP contribution in [0.5, 0.6) is 0 Å². The Hall–Kier alpha value is -2.14. The molecule has 0 bridgehead atoms. The van der Waals surface area contributed by atoms with Gasteiger partial charge in [-0.3, -0.25) is 14.2 Å². The Bertz CT molecular complexity index is 770. The molecule has 0 saturated carbocycles. The minimum Gasteiger partial charge on any atom is -0.324 e. The molecule has 1 aromatic heterocycles. The van der Waals surface area contributed by atoms with Crippen LogP contribution < -0.4 is 10.9 Å². The van der Waals surface area contributed by atoms with Gasteiger partial charge in [0.25, 0.3) is 5.56 Å². The SMILES string of the molecule is Cc1nc(Cl)cc(=O)n1C1CCc2ccccc2NC1=O. The normalized spacial score (nSPS) is 17.8. The van der Waals surface area contributed by atoms with E-state index in [-0.39, 0.29) is 16.6 Å². The van der Waals surface area contributed by atoms with E-state index in [0.29, 0.717) is 18.7 Å². The van der Waals surface area contributed by atoms with Gasteiger partial charge in [-0.15, -0.1) is 0 Å². The molecule has 6 heteroatoms. The van der Waals surface area contributed by atoms with Crippen LogP contribution in [0.25, 0.3) is 0 Å². The van der Waals surface area contributed by atoms with Crippen LogP contribution in [0.3, 0.4) is 0 Å². The third-order valence-electron chi connectivity index (χ3n) is 3.67. The minimum atomic E-state index is -0.574. The van der Waals surface area contributed by atoms with E-state index >= 15 is 0 Å². The number of carbonyl (C=O) groups excluding carboxylic acids is 1. The molecular weight excluding hydrogens is 290 g/mol. The Morgan fingerprint density at radius 3 is 2.86 bits per heavy atom. The lowest BCUT2D eigenvalue weighted by atomic mass is 10.1. The van der Waals surface area contributed by atoms with Crippen LogP contribution in [0.1, 0.15) is 23.9 Å². The number of nitrogens with one attached hydrogen (secondary N) is 1. The largest absolute Gasteiger partial charge is 0.324 e. The topological polar surface area (TPSA) is 64.0 Å². The predicted molar refractivity (Wildman–Crippen MR) is 80.7 cm³/mol. The molecule has 0 spiro atoms. The summed E-state index contributed by atoms with van der Waals surface area (Å²) in [7, 11) is 0. The molecule has 1 aromatic carbocycles. The van der Waals surface area contributed by atoms with Crippen molar-refractivity contribution in [2.24, 2.45) is 0 Å². The van der Waals surface area contributed by atoms with E-state index < -0.39 is 6.04 Å². The van der Waals surface area contributed by atoms with E-state index in [0.717, 1.165) is 11.3 Å². The molecule has 5 nitrogen and oxygen atoms in total. The minimum absolute atomic E-state index is 0.145. The van der Waals surface area contributed by atoms with E-state index in [2.05, 4.69) is 10.3 Å². The van der Waals surface area contributed by atoms with Gasteiger partial charge in [0, 0.05) is 11.8 Å². The molecule has 108 valence electrons. The van der Waals surface area contributed by atoms with Gasteiger partial charge in [0.05, 0.1) is 0 Å². The molecular formula is C15H14ClN3O2. The number of hydrogen-bond donors (Lipinski definition) is 1. The van der Waals surface area contributed by atoms with Crippen LogP contribution >= 0.6 is 11.6 Å². The lowest BCUT2D eigenvalue weighted by Crippen LogP contribution is -2.34. The Labute approximate surface area is 126 Å². The first-order valence-electron chi connectivity index (χ1n) is 6.71. The molecule has 2 aromatic rings. The Morgan fingerprint density at radius 2 is 2.10 bits per heavy atom. The number of fused-ring (bicyclic) bond motifs is 1. The fourth-order valence-electron chi connectivity index (χ4n) is 2.70. The van der Waals surface area contributed by atoms with Crippen molar-refractivity contribution in [3.8, 4) is 0 Å². The summed E-state index contributed by atoms with van der Waals surface area (Å²) in [6, 6.07) is 8.32. The number of aromatic nitrogens is 2. The first-order chi connectivity index (χ1) is 10.1. The number of aryl methyl sites for hydroxylation is 2. The van der Waals surface area contributed by atoms with E-state index in [1.54, 1.807) is 6.92 Å². The summed E-state index contributed by atoms with van der Waals surface area (Å²) in [5, 5.41) is 3.03. The summed E-state index contributed by atoms with van der Waals surface area (Å²) in [4.78, 5) is 28.7. The second kappa shape index (κ2) is 5.33. The number of halogens is 1. The standard InChI is InChI=1S/C15H14ClN3O2/c1-9-17-13(16)8-14(20)19(9)12-7-6-10-4-2-3-5-11(10)18-15(12)21/h2-5,8,12H,6-7H2,1H3,(H,18,21). The molecule has 1 N–H and O–H groups in total. The highest BCUT2D eigenvalue weighted by Crippen LogP contribution is 2.26. The van der Waals surface area contributed by atoms with Gasteiger partial charge >= 0.3 is 0 Å². The molecule has 1 amide bonds. The van der Waals surface area contributed by atoms with Gasteiger partial charge in [0.15, 0.2) is 0 Å². The summed E-state index contributed by atoms with van der Waals surface area (Å²) in [5.74, 6) is 0.243. The smallest absolute Gasteiger partial charge is 0.255 e. The van der Waals surface area contributed by atoms with E-state index in [9.17, 15) is 9.59 Å². The van der Waals surface area contributed by atoms with Gasteiger partial charge in [0.1, 0.15) is 17.0 Å². The van der Waals surface area contributed by atoms with Gasteiger partial charge in [0.2, 0.25) is 5.91 Å². The van der Waals surface area contributed by atoms with Crippen molar-refractivity contribution in [1.82, 2.24) is 9.55 Å². The molecule has 3 rings (SSSR count). The summed E-state index contributed by atoms with van der Waals surface area (Å²) < 4.78 is 1.41. The molecule has 21 heavy (non-hydrogen) atoms. The third-order valence-corrected chi connectivity index (χ3v) is 3.87. The molecule has 1 unspecified atom stereocenters. The number of para-hydroxylation sites is 1. The molecule has 0 fully saturated rings. The molecule has 2 heterocycles. The maximum Gasteiger partial charge on any atom is 0.255 e. The number of nitrogens with zero attached hydrogens (tertiary/aromatic N) is 2. The van der Waals surface area contributed by atoms with Crippen molar-refractivity contribution >= 4 is 23.2 Å². The van der Waals surface area contributed by atoms with Crippen molar-refractivity contribution in [3.05, 3.63) is 57.2 Å². The van der Waals surface area contributed by atoms with Gasteiger partial charge in [-0.25, -0.2) is 4.98 Å². The van der Waals surface area contributed by atoms with Crippen molar-refractivity contribution in [3.63, 3.8) is 0 Å². The molecule has 1 aliphatic heterocycles. The van der Waals surface area contributed by atoms with Gasteiger partial charge < -0.3 is 5.32 Å². The van der Waals surface area contributed by atoms with Gasteiger partial charge in [-0.05, 0) is 31.4 Å². The van der Waals surface area contributed by atoms with E-state index in [1.165, 1.54) is 10.6 Å². The summed E-state index contributed by atoms with van der Waals surface area (Å²) >= 11 is 5.78. The van der Waals surface area contributed by atoms with Gasteiger partial charge in [-0.2, -0.15) is 0 Å². The quantitative estimate of drug-likeness (QED) is 0.822. The lowest BCUT2D eigenvalue weighted by Gasteiger charge is -2.18. The lowest BCUT2D eigenvalue weighted by molar-refractivity contribution is -0.119. The summed E-state index contributed by atoms with van der Waals surface area (Å²) in [6.07, 6.45) is 1.26. The second-order valence-corrected chi connectivity index (χ2v) is 5.42. The Morgan fingerprint density at radius 1 is 1.33 bits per heavy atom. The number of rotatable bonds is 1. The van der Waals surface area contributed by atoms with Crippen LogP contribution in [-0.2, 0) is 11.2 Å². The highest BCUT2D eigenvalue weighted by Gasteiger charge is 2.27. The number of carbonyl (C=O) groups is 1. The third kappa shape index (κ3) is 2.56. The van der Waals surface area contributed by atoms with Crippen molar-refractivity contribution in [1.29, 1.82) is 0 Å². The summed E-state index contributed by atoms with van der Waals surface area (Å²) in [6.45, 7) is 1.68. The molecule has 1 aliphatic rings. The number of amides is 1. The van der Waals surface area contributed by atoms with Crippen molar-refractivity contribution in [2.75, 3.05) is 5.32 Å². The maximum absolute atomic E-state index is 12.4. The van der Waals surface area contributed by atoms with Gasteiger partial charge in [-0.1, -0.05) is 29.8 Å². The highest BCUT2D eigenvalue weighted by molar-refractivity contribution is 6.29. The Kier molecular flexibility index (Phi) is 3.51. The van der Waals surface area contributed by atoms with Crippen molar-refractivity contribution in [2.45, 2.75) is 25.8 Å². The molecule has 0 saturated heterocycles. The molecule has 0 aliphatic carbocycles. The van der Waals surface area contributed by atoms with E-state index in [1.807, 2.05) is 24.3 Å². The zero-order valence-corrected chi connectivity index (χ0v) is 12.2. The highest BCUT2D eigenvalue weighted by atomic mass is 35.5. The zero-order chi connectivity index (χ0) is 15.0. The van der Waals surface area contributed by atoms with E-state index in [4.69, 9.17) is 11.6 Å². The first kappa shape index (κ1) is 13.8. The van der Waals surface area contributed by atoms with Crippen LogP contribution in [0.15, 0.2) is 35.1 Å². The van der Waals surface area contributed by atoms with Crippen LogP contribution in [-0.4, -0.2) is 15.5 Å². The Balaban J connectivity index is 2.02. The van der Waals surface area contributed by atoms with Crippen LogP contribution in [0.2, 0.25) is 5.15 Å². The predicted octanol–water partition coefficient (Wildman–Crippen LogP) is 2.33. The number of anilines is 1. The zero-order valence-electron chi connectivity index (χ0n) is 11.5. The summed E-state index contributed by atoms with van der Waals surface area (Å²) in [5.41, 5.74) is 1.57. The molecule has 0 radical (unpaired) electrons. The fraction of sp³-hybridized carbons (Fsp3) is 0.267. The van der Waals surface area contributed by atoms with Crippen LogP contribution in [0.4, 0.5) is 5.69 Å². The number of hydrogen-bond acceptors (Lipinski definition) is 3.